The Hall–Kier alpha value is -1.55. The van der Waals surface area contributed by atoms with E-state index in [2.05, 4.69) is 0 Å². The number of hydrogen-bond donors (Lipinski definition) is 0. The molecule has 0 spiro atoms. The van der Waals surface area contributed by atoms with E-state index in [0.717, 1.165) is 15.8 Å². The first kappa shape index (κ1) is 11.9. The summed E-state index contributed by atoms with van der Waals surface area (Å²) in [5.74, 6) is 0.558. The van der Waals surface area contributed by atoms with Gasteiger partial charge in [0.25, 0.3) is 0 Å². The Morgan fingerprint density at radius 1 is 1.35 bits per heavy atom. The van der Waals surface area contributed by atoms with E-state index in [1.165, 1.54) is 17.8 Å². The van der Waals surface area contributed by atoms with E-state index in [1.807, 2.05) is 19.1 Å². The Morgan fingerprint density at radius 2 is 2.12 bits per heavy atom. The summed E-state index contributed by atoms with van der Waals surface area (Å²) >= 11 is 1.44. The number of rotatable bonds is 3. The van der Waals surface area contributed by atoms with Crippen LogP contribution in [-0.4, -0.2) is 11.5 Å². The fourth-order valence-electron chi connectivity index (χ4n) is 1.58. The molecule has 0 atom stereocenters. The topological polar surface area (TPSA) is 47.3 Å². The lowest BCUT2D eigenvalue weighted by Gasteiger charge is -2.03. The van der Waals surface area contributed by atoms with Crippen LogP contribution in [0.4, 0.5) is 0 Å². The molecular weight excluding hydrogens is 236 g/mol. The average molecular weight is 248 g/mol. The quantitative estimate of drug-likeness (QED) is 0.619. The predicted molar refractivity (Wildman–Crippen MR) is 68.6 cm³/mol. The second-order valence-electron chi connectivity index (χ2n) is 3.90. The van der Waals surface area contributed by atoms with Crippen molar-refractivity contribution in [2.24, 2.45) is 0 Å². The van der Waals surface area contributed by atoms with Gasteiger partial charge in [-0.1, -0.05) is 0 Å². The predicted octanol–water partition coefficient (Wildman–Crippen LogP) is 2.78. The summed E-state index contributed by atoms with van der Waals surface area (Å²) in [5, 5.41) is 0.928. The highest BCUT2D eigenvalue weighted by molar-refractivity contribution is 8.00. The summed E-state index contributed by atoms with van der Waals surface area (Å²) in [7, 11) is 0. The van der Waals surface area contributed by atoms with Crippen LogP contribution in [0.1, 0.15) is 12.5 Å². The molecular formula is C13H12O3S. The molecule has 17 heavy (non-hydrogen) atoms. The summed E-state index contributed by atoms with van der Waals surface area (Å²) in [6.45, 7) is 3.43. The largest absolute Gasteiger partial charge is 0.423 e. The smallest absolute Gasteiger partial charge is 0.336 e. The van der Waals surface area contributed by atoms with Crippen LogP contribution in [0.25, 0.3) is 11.0 Å². The van der Waals surface area contributed by atoms with Crippen molar-refractivity contribution in [3.8, 4) is 0 Å². The third kappa shape index (κ3) is 2.77. The van der Waals surface area contributed by atoms with E-state index in [0.29, 0.717) is 11.3 Å². The lowest BCUT2D eigenvalue weighted by Crippen LogP contribution is -1.98. The molecule has 0 saturated carbocycles. The van der Waals surface area contributed by atoms with Crippen LogP contribution >= 0.6 is 11.8 Å². The van der Waals surface area contributed by atoms with Crippen molar-refractivity contribution >= 4 is 28.5 Å². The minimum absolute atomic E-state index is 0.126. The number of carbonyl (C=O) groups excluding carboxylic acids is 1. The summed E-state index contributed by atoms with van der Waals surface area (Å²) in [5.41, 5.74) is 1.13. The molecule has 0 unspecified atom stereocenters. The number of benzene rings is 1. The van der Waals surface area contributed by atoms with Crippen LogP contribution in [0, 0.1) is 6.92 Å². The number of carbonyl (C=O) groups is 1. The Bertz CT molecular complexity index is 628. The van der Waals surface area contributed by atoms with Gasteiger partial charge in [-0.15, -0.1) is 11.8 Å². The maximum Gasteiger partial charge on any atom is 0.336 e. The minimum atomic E-state index is -0.344. The average Bonchev–Trinajstić information content (AvgIpc) is 2.25. The van der Waals surface area contributed by atoms with E-state index >= 15 is 0 Å². The lowest BCUT2D eigenvalue weighted by atomic mass is 10.1. The summed E-state index contributed by atoms with van der Waals surface area (Å²) in [6, 6.07) is 7.13. The van der Waals surface area contributed by atoms with Crippen LogP contribution in [0.15, 0.2) is 38.4 Å². The maximum absolute atomic E-state index is 11.3. The van der Waals surface area contributed by atoms with Crippen LogP contribution in [0.2, 0.25) is 0 Å². The first-order valence-electron chi connectivity index (χ1n) is 5.23. The fraction of sp³-hybridized carbons (Fsp3) is 0.231. The van der Waals surface area contributed by atoms with Crippen molar-refractivity contribution in [2.75, 3.05) is 5.75 Å². The highest BCUT2D eigenvalue weighted by Gasteiger charge is 2.04. The van der Waals surface area contributed by atoms with Gasteiger partial charge >= 0.3 is 5.63 Å². The van der Waals surface area contributed by atoms with Crippen molar-refractivity contribution < 1.29 is 9.21 Å². The van der Waals surface area contributed by atoms with Gasteiger partial charge < -0.3 is 4.42 Å². The molecule has 2 aromatic rings. The van der Waals surface area contributed by atoms with Crippen LogP contribution < -0.4 is 5.63 Å². The monoisotopic (exact) mass is 248 g/mol. The summed E-state index contributed by atoms with van der Waals surface area (Å²) in [4.78, 5) is 23.1. The molecule has 0 saturated heterocycles. The van der Waals surface area contributed by atoms with Gasteiger partial charge in [0, 0.05) is 16.3 Å². The van der Waals surface area contributed by atoms with Gasteiger partial charge in [-0.25, -0.2) is 4.79 Å². The highest BCUT2D eigenvalue weighted by atomic mass is 32.2. The maximum atomic E-state index is 11.3. The molecule has 0 aliphatic heterocycles. The zero-order valence-electron chi connectivity index (χ0n) is 9.65. The van der Waals surface area contributed by atoms with E-state index in [4.69, 9.17) is 4.42 Å². The molecule has 0 aliphatic rings. The summed E-state index contributed by atoms with van der Waals surface area (Å²) < 4.78 is 5.14. The van der Waals surface area contributed by atoms with E-state index in [9.17, 15) is 9.59 Å². The molecule has 1 heterocycles. The van der Waals surface area contributed by atoms with Gasteiger partial charge in [-0.2, -0.15) is 0 Å². The molecule has 2 rings (SSSR count). The molecule has 1 aromatic carbocycles. The Morgan fingerprint density at radius 3 is 2.82 bits per heavy atom. The van der Waals surface area contributed by atoms with Crippen LogP contribution in [-0.2, 0) is 4.79 Å². The third-order valence-corrected chi connectivity index (χ3v) is 3.50. The number of ketones is 1. The molecule has 1 aromatic heterocycles. The number of hydrogen-bond acceptors (Lipinski definition) is 4. The SMILES string of the molecule is CC(=O)CSc1ccc2c(C)cc(=O)oc2c1. The van der Waals surface area contributed by atoms with Crippen molar-refractivity contribution in [1.82, 2.24) is 0 Å². The van der Waals surface area contributed by atoms with Gasteiger partial charge in [0.15, 0.2) is 0 Å². The second-order valence-corrected chi connectivity index (χ2v) is 4.95. The molecule has 0 N–H and O–H groups in total. The van der Waals surface area contributed by atoms with Gasteiger partial charge in [-0.3, -0.25) is 4.79 Å². The highest BCUT2D eigenvalue weighted by Crippen LogP contribution is 2.24. The molecule has 0 fully saturated rings. The normalized spacial score (nSPS) is 10.7. The summed E-state index contributed by atoms with van der Waals surface area (Å²) in [6.07, 6.45) is 0. The Balaban J connectivity index is 2.43. The number of Topliss-reactive ketones (excluding diaryl/α,β-unsaturated/α-hetero) is 1. The zero-order chi connectivity index (χ0) is 12.4. The van der Waals surface area contributed by atoms with E-state index in [1.54, 1.807) is 13.0 Å². The first-order valence-corrected chi connectivity index (χ1v) is 6.21. The minimum Gasteiger partial charge on any atom is -0.423 e. The van der Waals surface area contributed by atoms with Crippen molar-refractivity contribution in [2.45, 2.75) is 18.7 Å². The van der Waals surface area contributed by atoms with Crippen molar-refractivity contribution in [1.29, 1.82) is 0 Å². The van der Waals surface area contributed by atoms with Crippen molar-refractivity contribution in [3.05, 3.63) is 40.2 Å². The molecule has 4 heteroatoms. The zero-order valence-corrected chi connectivity index (χ0v) is 10.5. The lowest BCUT2D eigenvalue weighted by molar-refractivity contribution is -0.114. The fourth-order valence-corrected chi connectivity index (χ4v) is 2.30. The van der Waals surface area contributed by atoms with E-state index < -0.39 is 0 Å². The van der Waals surface area contributed by atoms with Gasteiger partial charge in [0.2, 0.25) is 0 Å². The van der Waals surface area contributed by atoms with Gasteiger partial charge in [-0.05, 0) is 37.6 Å². The molecule has 88 valence electrons. The molecule has 0 amide bonds. The molecule has 0 bridgehead atoms. The first-order chi connectivity index (χ1) is 8.06. The van der Waals surface area contributed by atoms with Crippen LogP contribution in [0.5, 0.6) is 0 Å². The Kier molecular flexibility index (Phi) is 3.33. The number of thioether (sulfide) groups is 1. The van der Waals surface area contributed by atoms with E-state index in [-0.39, 0.29) is 11.4 Å². The Labute approximate surface area is 103 Å². The van der Waals surface area contributed by atoms with Gasteiger partial charge in [0.1, 0.15) is 11.4 Å². The molecule has 0 radical (unpaired) electrons. The van der Waals surface area contributed by atoms with Gasteiger partial charge in [0.05, 0.1) is 5.75 Å². The van der Waals surface area contributed by atoms with Crippen molar-refractivity contribution in [3.63, 3.8) is 0 Å². The molecule has 0 aliphatic carbocycles. The second kappa shape index (κ2) is 4.75. The van der Waals surface area contributed by atoms with Crippen LogP contribution in [0.3, 0.4) is 0 Å². The third-order valence-electron chi connectivity index (χ3n) is 2.36. The molecule has 3 nitrogen and oxygen atoms in total. The standard InChI is InChI=1S/C13H12O3S/c1-8-5-13(15)16-12-6-10(3-4-11(8)12)17-7-9(2)14/h3-6H,7H2,1-2H3. The number of fused-ring (bicyclic) bond motifs is 1. The number of aryl methyl sites for hydroxylation is 1.